The van der Waals surface area contributed by atoms with Gasteiger partial charge in [-0.25, -0.2) is 0 Å². The van der Waals surface area contributed by atoms with Gasteiger partial charge in [-0.05, 0) is 41.2 Å². The predicted molar refractivity (Wildman–Crippen MR) is 66.0 cm³/mol. The third-order valence-electron chi connectivity index (χ3n) is 3.68. The number of piperazine rings is 1. The lowest BCUT2D eigenvalue weighted by molar-refractivity contribution is 0.0178. The fourth-order valence-electron chi connectivity index (χ4n) is 2.34. The van der Waals surface area contributed by atoms with Crippen LogP contribution in [-0.4, -0.2) is 54.1 Å². The van der Waals surface area contributed by atoms with Crippen LogP contribution in [0.15, 0.2) is 0 Å². The van der Waals surface area contributed by atoms with Gasteiger partial charge in [-0.3, -0.25) is 9.80 Å². The summed E-state index contributed by atoms with van der Waals surface area (Å²) in [7, 11) is 2.22. The first-order valence-corrected chi connectivity index (χ1v) is 6.04. The minimum Gasteiger partial charge on any atom is -0.328 e. The van der Waals surface area contributed by atoms with Gasteiger partial charge in [0.15, 0.2) is 0 Å². The monoisotopic (exact) mass is 213 g/mol. The van der Waals surface area contributed by atoms with Crippen molar-refractivity contribution < 1.29 is 0 Å². The summed E-state index contributed by atoms with van der Waals surface area (Å²) in [5.74, 6) is 0. The molecule has 1 rings (SSSR count). The highest BCUT2D eigenvalue weighted by Gasteiger charge is 2.32. The third kappa shape index (κ3) is 3.44. The van der Waals surface area contributed by atoms with E-state index in [0.717, 1.165) is 19.5 Å². The Hall–Kier alpha value is -0.120. The Morgan fingerprint density at radius 2 is 1.87 bits per heavy atom. The van der Waals surface area contributed by atoms with E-state index in [1.165, 1.54) is 6.54 Å². The Morgan fingerprint density at radius 3 is 2.33 bits per heavy atom. The molecule has 0 bridgehead atoms. The molecule has 3 nitrogen and oxygen atoms in total. The normalized spacial score (nSPS) is 27.6. The first-order chi connectivity index (χ1) is 6.83. The van der Waals surface area contributed by atoms with Gasteiger partial charge in [-0.2, -0.15) is 0 Å². The van der Waals surface area contributed by atoms with E-state index in [-0.39, 0.29) is 0 Å². The van der Waals surface area contributed by atoms with E-state index in [4.69, 9.17) is 5.73 Å². The van der Waals surface area contributed by atoms with E-state index < -0.39 is 0 Å². The maximum absolute atomic E-state index is 5.86. The van der Waals surface area contributed by atoms with E-state index in [9.17, 15) is 0 Å². The first kappa shape index (κ1) is 12.9. The topological polar surface area (TPSA) is 32.5 Å². The van der Waals surface area contributed by atoms with Crippen molar-refractivity contribution in [3.8, 4) is 0 Å². The minimum absolute atomic E-state index is 0.296. The van der Waals surface area contributed by atoms with Gasteiger partial charge in [0.1, 0.15) is 0 Å². The van der Waals surface area contributed by atoms with E-state index in [1.54, 1.807) is 0 Å². The molecule has 1 fully saturated rings. The summed E-state index contributed by atoms with van der Waals surface area (Å²) >= 11 is 0. The summed E-state index contributed by atoms with van der Waals surface area (Å²) in [6.45, 7) is 12.5. The Labute approximate surface area is 94.6 Å². The van der Waals surface area contributed by atoms with Crippen molar-refractivity contribution in [3.63, 3.8) is 0 Å². The molecule has 90 valence electrons. The molecule has 0 aliphatic carbocycles. The molecular weight excluding hydrogens is 186 g/mol. The summed E-state index contributed by atoms with van der Waals surface area (Å²) < 4.78 is 0. The average Bonchev–Trinajstić information content (AvgIpc) is 2.08. The molecule has 1 saturated heterocycles. The van der Waals surface area contributed by atoms with Crippen molar-refractivity contribution in [2.75, 3.05) is 26.7 Å². The van der Waals surface area contributed by atoms with Crippen LogP contribution >= 0.6 is 0 Å². The molecule has 1 aliphatic rings. The second-order valence-corrected chi connectivity index (χ2v) is 5.77. The van der Waals surface area contributed by atoms with Crippen LogP contribution in [0.5, 0.6) is 0 Å². The summed E-state index contributed by atoms with van der Waals surface area (Å²) in [6, 6.07) is 0.917. The molecule has 0 aromatic carbocycles. The number of nitrogens with zero attached hydrogens (tertiary/aromatic N) is 2. The van der Waals surface area contributed by atoms with Crippen molar-refractivity contribution in [1.29, 1.82) is 0 Å². The van der Waals surface area contributed by atoms with Crippen LogP contribution in [0.3, 0.4) is 0 Å². The summed E-state index contributed by atoms with van der Waals surface area (Å²) in [5, 5.41) is 0. The highest BCUT2D eigenvalue weighted by molar-refractivity contribution is 4.90. The van der Waals surface area contributed by atoms with Gasteiger partial charge in [0.2, 0.25) is 0 Å². The largest absolute Gasteiger partial charge is 0.328 e. The summed E-state index contributed by atoms with van der Waals surface area (Å²) in [6.07, 6.45) is 1.10. The molecule has 0 saturated carbocycles. The maximum atomic E-state index is 5.86. The van der Waals surface area contributed by atoms with Crippen LogP contribution in [-0.2, 0) is 0 Å². The number of nitrogens with two attached hydrogens (primary N) is 1. The van der Waals surface area contributed by atoms with Crippen LogP contribution in [0.25, 0.3) is 0 Å². The van der Waals surface area contributed by atoms with Crippen molar-refractivity contribution in [2.45, 2.75) is 51.7 Å². The Kier molecular flexibility index (Phi) is 4.15. The number of hydrogen-bond donors (Lipinski definition) is 1. The van der Waals surface area contributed by atoms with Crippen molar-refractivity contribution in [2.24, 2.45) is 5.73 Å². The van der Waals surface area contributed by atoms with Crippen LogP contribution in [0.4, 0.5) is 0 Å². The quantitative estimate of drug-likeness (QED) is 0.763. The average molecular weight is 213 g/mol. The zero-order valence-corrected chi connectivity index (χ0v) is 11.0. The third-order valence-corrected chi connectivity index (χ3v) is 3.68. The van der Waals surface area contributed by atoms with Gasteiger partial charge >= 0.3 is 0 Å². The second-order valence-electron chi connectivity index (χ2n) is 5.77. The number of hydrogen-bond acceptors (Lipinski definition) is 3. The lowest BCUT2D eigenvalue weighted by atomic mass is 9.97. The molecule has 0 amide bonds. The lowest BCUT2D eigenvalue weighted by Crippen LogP contribution is -2.59. The SMILES string of the molecule is CC(N)CC(C)N1CCN(C)C(C)(C)C1. The molecule has 2 unspecified atom stereocenters. The second kappa shape index (κ2) is 4.81. The molecule has 0 aromatic heterocycles. The van der Waals surface area contributed by atoms with Crippen molar-refractivity contribution in [1.82, 2.24) is 9.80 Å². The molecule has 0 spiro atoms. The van der Waals surface area contributed by atoms with E-state index in [2.05, 4.69) is 44.5 Å². The van der Waals surface area contributed by atoms with Gasteiger partial charge in [0, 0.05) is 37.3 Å². The highest BCUT2D eigenvalue weighted by atomic mass is 15.3. The van der Waals surface area contributed by atoms with Gasteiger partial charge in [0.25, 0.3) is 0 Å². The van der Waals surface area contributed by atoms with Gasteiger partial charge < -0.3 is 5.73 Å². The van der Waals surface area contributed by atoms with Gasteiger partial charge in [0.05, 0.1) is 0 Å². The molecule has 2 atom stereocenters. The summed E-state index contributed by atoms with van der Waals surface area (Å²) in [4.78, 5) is 5.02. The molecule has 1 heterocycles. The Balaban J connectivity index is 2.51. The van der Waals surface area contributed by atoms with Crippen LogP contribution in [0.1, 0.15) is 34.1 Å². The molecule has 3 heteroatoms. The Bertz CT molecular complexity index is 201. The molecule has 1 aliphatic heterocycles. The molecule has 0 radical (unpaired) electrons. The number of likely N-dealkylation sites (N-methyl/N-ethyl adjacent to an activating group) is 1. The van der Waals surface area contributed by atoms with Crippen LogP contribution in [0.2, 0.25) is 0 Å². The zero-order chi connectivity index (χ0) is 11.6. The Morgan fingerprint density at radius 1 is 1.27 bits per heavy atom. The van der Waals surface area contributed by atoms with Crippen molar-refractivity contribution in [3.05, 3.63) is 0 Å². The van der Waals surface area contributed by atoms with Crippen molar-refractivity contribution >= 4 is 0 Å². The molecule has 15 heavy (non-hydrogen) atoms. The standard InChI is InChI=1S/C12H27N3/c1-10(13)8-11(2)15-7-6-14(5)12(3,4)9-15/h10-11H,6-9,13H2,1-5H3. The maximum Gasteiger partial charge on any atom is 0.0277 e. The molecule has 0 aromatic rings. The van der Waals surface area contributed by atoms with Gasteiger partial charge in [-0.1, -0.05) is 0 Å². The van der Waals surface area contributed by atoms with Crippen LogP contribution in [0, 0.1) is 0 Å². The van der Waals surface area contributed by atoms with Gasteiger partial charge in [-0.15, -0.1) is 0 Å². The zero-order valence-electron chi connectivity index (χ0n) is 11.0. The van der Waals surface area contributed by atoms with E-state index in [1.807, 2.05) is 0 Å². The lowest BCUT2D eigenvalue weighted by Gasteiger charge is -2.47. The number of rotatable bonds is 3. The first-order valence-electron chi connectivity index (χ1n) is 6.04. The summed E-state index contributed by atoms with van der Waals surface area (Å²) in [5.41, 5.74) is 6.15. The highest BCUT2D eigenvalue weighted by Crippen LogP contribution is 2.21. The molecular formula is C12H27N3. The van der Waals surface area contributed by atoms with E-state index in [0.29, 0.717) is 17.6 Å². The molecule has 2 N–H and O–H groups in total. The minimum atomic E-state index is 0.296. The smallest absolute Gasteiger partial charge is 0.0277 e. The predicted octanol–water partition coefficient (Wildman–Crippen LogP) is 1.14. The fraction of sp³-hybridized carbons (Fsp3) is 1.00. The fourth-order valence-corrected chi connectivity index (χ4v) is 2.34. The van der Waals surface area contributed by atoms with E-state index >= 15 is 0 Å². The van der Waals surface area contributed by atoms with Crippen LogP contribution < -0.4 is 5.73 Å².